The zero-order valence-electron chi connectivity index (χ0n) is 18.5. The van der Waals surface area contributed by atoms with Gasteiger partial charge in [-0.2, -0.15) is 13.2 Å². The summed E-state index contributed by atoms with van der Waals surface area (Å²) < 4.78 is 38.8. The number of carbonyl (C=O) groups excluding carboxylic acids is 1. The Labute approximate surface area is 190 Å². The van der Waals surface area contributed by atoms with Crippen LogP contribution in [-0.2, 0) is 11.0 Å². The van der Waals surface area contributed by atoms with Crippen LogP contribution in [0.4, 0.5) is 24.5 Å². The summed E-state index contributed by atoms with van der Waals surface area (Å²) in [6.07, 6.45) is -3.73. The summed E-state index contributed by atoms with van der Waals surface area (Å²) in [5.41, 5.74) is -0.402. The van der Waals surface area contributed by atoms with Crippen molar-refractivity contribution in [2.45, 2.75) is 25.1 Å². The molecule has 1 heterocycles. The zero-order chi connectivity index (χ0) is 24.2. The second kappa shape index (κ2) is 10.2. The van der Waals surface area contributed by atoms with Gasteiger partial charge in [0.2, 0.25) is 5.91 Å². The van der Waals surface area contributed by atoms with E-state index >= 15 is 0 Å². The summed E-state index contributed by atoms with van der Waals surface area (Å²) in [5, 5.41) is 14.4. The normalized spacial score (nSPS) is 16.0. The number of carbonyl (C=O) groups is 1. The quantitative estimate of drug-likeness (QED) is 0.490. The third kappa shape index (κ3) is 6.01. The van der Waals surface area contributed by atoms with E-state index in [1.807, 2.05) is 49.3 Å². The SMILES string of the molecule is CN(C)[C@H](CNC(=O)C1CCN(c2ccc(C(F)(F)F)cc2[N+](=O)[O-])CC1)c1ccccc1. The molecule has 1 amide bonds. The van der Waals surface area contributed by atoms with Crippen LogP contribution in [0.2, 0.25) is 0 Å². The van der Waals surface area contributed by atoms with Crippen LogP contribution in [0.1, 0.15) is 30.0 Å². The Morgan fingerprint density at radius 3 is 2.36 bits per heavy atom. The van der Waals surface area contributed by atoms with Crippen molar-refractivity contribution in [1.82, 2.24) is 10.2 Å². The van der Waals surface area contributed by atoms with Gasteiger partial charge in [-0.25, -0.2) is 0 Å². The summed E-state index contributed by atoms with van der Waals surface area (Å²) in [5.74, 6) is -0.340. The first kappa shape index (κ1) is 24.5. The highest BCUT2D eigenvalue weighted by Crippen LogP contribution is 2.37. The number of nitro groups is 1. The molecule has 1 atom stereocenters. The molecule has 0 unspecified atom stereocenters. The van der Waals surface area contributed by atoms with Crippen LogP contribution in [0.25, 0.3) is 0 Å². The Bertz CT molecular complexity index is 975. The molecule has 33 heavy (non-hydrogen) atoms. The number of halogens is 3. The lowest BCUT2D eigenvalue weighted by Gasteiger charge is -2.33. The fraction of sp³-hybridized carbons (Fsp3) is 0.435. The predicted molar refractivity (Wildman–Crippen MR) is 119 cm³/mol. The van der Waals surface area contributed by atoms with Crippen LogP contribution >= 0.6 is 0 Å². The van der Waals surface area contributed by atoms with E-state index < -0.39 is 22.4 Å². The number of anilines is 1. The lowest BCUT2D eigenvalue weighted by Crippen LogP contribution is -2.43. The van der Waals surface area contributed by atoms with E-state index in [4.69, 9.17) is 0 Å². The van der Waals surface area contributed by atoms with E-state index in [0.717, 1.165) is 17.7 Å². The molecule has 1 N–H and O–H groups in total. The summed E-state index contributed by atoms with van der Waals surface area (Å²) >= 11 is 0. The molecule has 0 saturated carbocycles. The first-order chi connectivity index (χ1) is 15.6. The maximum absolute atomic E-state index is 12.9. The van der Waals surface area contributed by atoms with Gasteiger partial charge in [0, 0.05) is 31.6 Å². The van der Waals surface area contributed by atoms with Crippen LogP contribution < -0.4 is 10.2 Å². The molecular weight excluding hydrogens is 437 g/mol. The first-order valence-electron chi connectivity index (χ1n) is 10.7. The zero-order valence-corrected chi connectivity index (χ0v) is 18.5. The predicted octanol–water partition coefficient (Wildman–Crippen LogP) is 4.25. The molecule has 7 nitrogen and oxygen atoms in total. The highest BCUT2D eigenvalue weighted by molar-refractivity contribution is 5.79. The molecule has 2 aromatic rings. The Morgan fingerprint density at radius 1 is 1.18 bits per heavy atom. The number of benzene rings is 2. The topological polar surface area (TPSA) is 78.7 Å². The summed E-state index contributed by atoms with van der Waals surface area (Å²) in [4.78, 5) is 27.0. The van der Waals surface area contributed by atoms with Gasteiger partial charge < -0.3 is 15.1 Å². The van der Waals surface area contributed by atoms with Crippen molar-refractivity contribution < 1.29 is 22.9 Å². The third-order valence-electron chi connectivity index (χ3n) is 5.98. The summed E-state index contributed by atoms with van der Waals surface area (Å²) in [6.45, 7) is 1.14. The number of nitrogens with zero attached hydrogens (tertiary/aromatic N) is 3. The van der Waals surface area contributed by atoms with Crippen LogP contribution in [-0.4, -0.2) is 49.5 Å². The molecule has 178 valence electrons. The third-order valence-corrected chi connectivity index (χ3v) is 5.98. The molecule has 1 fully saturated rings. The van der Waals surface area contributed by atoms with Crippen molar-refractivity contribution >= 4 is 17.3 Å². The molecule has 1 saturated heterocycles. The fourth-order valence-corrected chi connectivity index (χ4v) is 4.11. The molecule has 0 bridgehead atoms. The van der Waals surface area contributed by atoms with Crippen molar-refractivity contribution in [2.24, 2.45) is 5.92 Å². The molecule has 3 rings (SSSR count). The molecule has 10 heteroatoms. The molecule has 0 spiro atoms. The Morgan fingerprint density at radius 2 is 1.82 bits per heavy atom. The average molecular weight is 464 g/mol. The number of likely N-dealkylation sites (N-methyl/N-ethyl adjacent to an activating group) is 1. The van der Waals surface area contributed by atoms with E-state index in [9.17, 15) is 28.1 Å². The molecule has 0 aliphatic carbocycles. The van der Waals surface area contributed by atoms with Gasteiger partial charge in [0.15, 0.2) is 0 Å². The lowest BCUT2D eigenvalue weighted by atomic mass is 9.95. The molecule has 1 aliphatic heterocycles. The number of amides is 1. The van der Waals surface area contributed by atoms with Gasteiger partial charge in [-0.15, -0.1) is 0 Å². The van der Waals surface area contributed by atoms with Gasteiger partial charge in [-0.05, 0) is 44.6 Å². The maximum atomic E-state index is 12.9. The minimum Gasteiger partial charge on any atom is -0.366 e. The molecule has 1 aliphatic rings. The number of nitrogens with one attached hydrogen (secondary N) is 1. The highest BCUT2D eigenvalue weighted by atomic mass is 19.4. The van der Waals surface area contributed by atoms with E-state index in [1.165, 1.54) is 0 Å². The van der Waals surface area contributed by atoms with E-state index in [-0.39, 0.29) is 23.6 Å². The Kier molecular flexibility index (Phi) is 7.57. The van der Waals surface area contributed by atoms with Crippen molar-refractivity contribution in [3.05, 3.63) is 69.8 Å². The number of alkyl halides is 3. The van der Waals surface area contributed by atoms with E-state index in [0.29, 0.717) is 38.5 Å². The summed E-state index contributed by atoms with van der Waals surface area (Å²) in [7, 11) is 3.89. The molecular formula is C23H27F3N4O3. The monoisotopic (exact) mass is 464 g/mol. The van der Waals surface area contributed by atoms with Crippen molar-refractivity contribution in [3.8, 4) is 0 Å². The van der Waals surface area contributed by atoms with Crippen molar-refractivity contribution in [3.63, 3.8) is 0 Å². The number of nitro benzene ring substituents is 1. The first-order valence-corrected chi connectivity index (χ1v) is 10.7. The van der Waals surface area contributed by atoms with Crippen LogP contribution in [0.5, 0.6) is 0 Å². The maximum Gasteiger partial charge on any atom is 0.416 e. The van der Waals surface area contributed by atoms with Crippen LogP contribution in [0, 0.1) is 16.0 Å². The number of piperidine rings is 1. The van der Waals surface area contributed by atoms with Crippen molar-refractivity contribution in [2.75, 3.05) is 38.6 Å². The van der Waals surface area contributed by atoms with Gasteiger partial charge in [-0.1, -0.05) is 30.3 Å². The van der Waals surface area contributed by atoms with Crippen LogP contribution in [0.3, 0.4) is 0 Å². The fourth-order valence-electron chi connectivity index (χ4n) is 4.11. The number of hydrogen-bond donors (Lipinski definition) is 1. The van der Waals surface area contributed by atoms with Crippen LogP contribution in [0.15, 0.2) is 48.5 Å². The standard InChI is InChI=1S/C23H27F3N4O3/c1-28(2)21(16-6-4-3-5-7-16)15-27-22(31)17-10-12-29(13-11-17)19-9-8-18(23(24,25)26)14-20(19)30(32)33/h3-9,14,17,21H,10-13,15H2,1-2H3,(H,27,31)/t21-/m1/s1. The minimum atomic E-state index is -4.65. The smallest absolute Gasteiger partial charge is 0.366 e. The van der Waals surface area contributed by atoms with Gasteiger partial charge in [-0.3, -0.25) is 14.9 Å². The minimum absolute atomic E-state index is 0.0186. The summed E-state index contributed by atoms with van der Waals surface area (Å²) in [6, 6.07) is 12.4. The molecule has 0 aromatic heterocycles. The van der Waals surface area contributed by atoms with Gasteiger partial charge in [0.1, 0.15) is 5.69 Å². The highest BCUT2D eigenvalue weighted by Gasteiger charge is 2.35. The number of hydrogen-bond acceptors (Lipinski definition) is 5. The molecule has 2 aromatic carbocycles. The Balaban J connectivity index is 1.61. The van der Waals surface area contributed by atoms with E-state index in [2.05, 4.69) is 5.32 Å². The van der Waals surface area contributed by atoms with Gasteiger partial charge in [0.05, 0.1) is 16.5 Å². The number of rotatable bonds is 7. The largest absolute Gasteiger partial charge is 0.416 e. The van der Waals surface area contributed by atoms with Crippen molar-refractivity contribution in [1.29, 1.82) is 0 Å². The van der Waals surface area contributed by atoms with Gasteiger partial charge in [0.25, 0.3) is 5.69 Å². The van der Waals surface area contributed by atoms with E-state index in [1.54, 1.807) is 4.90 Å². The average Bonchev–Trinajstić information content (AvgIpc) is 2.78. The second-order valence-electron chi connectivity index (χ2n) is 8.35. The Hall–Kier alpha value is -3.14. The second-order valence-corrected chi connectivity index (χ2v) is 8.35. The van der Waals surface area contributed by atoms with Gasteiger partial charge >= 0.3 is 6.18 Å². The molecule has 0 radical (unpaired) electrons. The lowest BCUT2D eigenvalue weighted by molar-refractivity contribution is -0.384.